The van der Waals surface area contributed by atoms with E-state index in [1.807, 2.05) is 12.1 Å². The fourth-order valence-electron chi connectivity index (χ4n) is 2.12. The molecule has 0 bridgehead atoms. The van der Waals surface area contributed by atoms with Crippen molar-refractivity contribution in [2.45, 2.75) is 0 Å². The predicted octanol–water partition coefficient (Wildman–Crippen LogP) is 3.53. The van der Waals surface area contributed by atoms with E-state index in [0.29, 0.717) is 28.1 Å². The van der Waals surface area contributed by atoms with E-state index in [9.17, 15) is 0 Å². The van der Waals surface area contributed by atoms with Crippen LogP contribution in [0.15, 0.2) is 36.4 Å². The van der Waals surface area contributed by atoms with Crippen LogP contribution in [0.25, 0.3) is 0 Å². The lowest BCUT2D eigenvalue weighted by Crippen LogP contribution is -2.19. The minimum Gasteiger partial charge on any atom is -0.493 e. The Hall–Kier alpha value is -2.67. The second-order valence-electron chi connectivity index (χ2n) is 4.72. The summed E-state index contributed by atoms with van der Waals surface area (Å²) in [6.45, 7) is 0. The number of ether oxygens (including phenoxy) is 4. The van der Waals surface area contributed by atoms with E-state index in [0.717, 1.165) is 11.4 Å². The van der Waals surface area contributed by atoms with Crippen molar-refractivity contribution in [2.75, 3.05) is 39.1 Å². The Labute approximate surface area is 146 Å². The molecule has 0 amide bonds. The molecule has 6 nitrogen and oxygen atoms in total. The van der Waals surface area contributed by atoms with Crippen molar-refractivity contribution in [2.24, 2.45) is 0 Å². The van der Waals surface area contributed by atoms with E-state index in [2.05, 4.69) is 10.6 Å². The highest BCUT2D eigenvalue weighted by Crippen LogP contribution is 2.31. The van der Waals surface area contributed by atoms with Crippen LogP contribution in [0.2, 0.25) is 0 Å². The summed E-state index contributed by atoms with van der Waals surface area (Å²) in [5.74, 6) is 2.55. The van der Waals surface area contributed by atoms with Gasteiger partial charge in [0, 0.05) is 23.5 Å². The van der Waals surface area contributed by atoms with Crippen molar-refractivity contribution in [3.8, 4) is 23.0 Å². The van der Waals surface area contributed by atoms with Gasteiger partial charge in [-0.05, 0) is 36.5 Å². The van der Waals surface area contributed by atoms with Crippen LogP contribution in [-0.2, 0) is 0 Å². The van der Waals surface area contributed by atoms with Crippen molar-refractivity contribution in [1.29, 1.82) is 0 Å². The van der Waals surface area contributed by atoms with E-state index < -0.39 is 0 Å². The minimum atomic E-state index is 0.439. The van der Waals surface area contributed by atoms with Gasteiger partial charge in [0.1, 0.15) is 0 Å². The molecule has 128 valence electrons. The van der Waals surface area contributed by atoms with Gasteiger partial charge in [0.15, 0.2) is 28.1 Å². The monoisotopic (exact) mass is 348 g/mol. The quantitative estimate of drug-likeness (QED) is 0.774. The van der Waals surface area contributed by atoms with Crippen LogP contribution >= 0.6 is 12.2 Å². The molecule has 2 aromatic carbocycles. The normalized spacial score (nSPS) is 9.83. The Morgan fingerprint density at radius 1 is 0.667 bits per heavy atom. The smallest absolute Gasteiger partial charge is 0.175 e. The molecule has 0 radical (unpaired) electrons. The summed E-state index contributed by atoms with van der Waals surface area (Å²) in [4.78, 5) is 0. The first-order valence-corrected chi connectivity index (χ1v) is 7.54. The van der Waals surface area contributed by atoms with E-state index in [1.165, 1.54) is 0 Å². The fourth-order valence-corrected chi connectivity index (χ4v) is 2.36. The third-order valence-corrected chi connectivity index (χ3v) is 3.49. The molecule has 2 N–H and O–H groups in total. The number of rotatable bonds is 6. The molecular weight excluding hydrogens is 328 g/mol. The second-order valence-corrected chi connectivity index (χ2v) is 5.13. The average Bonchev–Trinajstić information content (AvgIpc) is 2.61. The van der Waals surface area contributed by atoms with Gasteiger partial charge in [-0.2, -0.15) is 0 Å². The van der Waals surface area contributed by atoms with Gasteiger partial charge in [-0.3, -0.25) is 0 Å². The maximum absolute atomic E-state index is 5.33. The predicted molar refractivity (Wildman–Crippen MR) is 98.9 cm³/mol. The molecule has 0 heterocycles. The maximum Gasteiger partial charge on any atom is 0.175 e. The van der Waals surface area contributed by atoms with Crippen LogP contribution in [0.1, 0.15) is 0 Å². The van der Waals surface area contributed by atoms with Crippen molar-refractivity contribution in [1.82, 2.24) is 0 Å². The summed E-state index contributed by atoms with van der Waals surface area (Å²) in [6, 6.07) is 10.9. The number of hydrogen-bond donors (Lipinski definition) is 2. The minimum absolute atomic E-state index is 0.439. The molecule has 24 heavy (non-hydrogen) atoms. The second kappa shape index (κ2) is 8.26. The molecule has 0 aromatic heterocycles. The highest BCUT2D eigenvalue weighted by Gasteiger charge is 2.08. The SMILES string of the molecule is COc1ccc(NC(=S)Nc2ccc(OC)c(OC)c2)cc1OC. The molecule has 0 saturated carbocycles. The van der Waals surface area contributed by atoms with Gasteiger partial charge in [0.2, 0.25) is 0 Å². The lowest BCUT2D eigenvalue weighted by Gasteiger charge is -2.14. The topological polar surface area (TPSA) is 61.0 Å². The first-order chi connectivity index (χ1) is 11.6. The maximum atomic E-state index is 5.33. The van der Waals surface area contributed by atoms with E-state index in [4.69, 9.17) is 31.2 Å². The molecule has 0 atom stereocenters. The standard InChI is InChI=1S/C17H20N2O4S/c1-20-13-7-5-11(9-15(13)22-3)18-17(24)19-12-6-8-14(21-2)16(10-12)23-4/h5-10H,1-4H3,(H2,18,19,24). The van der Waals surface area contributed by atoms with Crippen LogP contribution in [0.4, 0.5) is 11.4 Å². The number of benzene rings is 2. The zero-order chi connectivity index (χ0) is 17.5. The number of nitrogens with one attached hydrogen (secondary N) is 2. The number of methoxy groups -OCH3 is 4. The molecule has 7 heteroatoms. The van der Waals surface area contributed by atoms with E-state index in [1.54, 1.807) is 52.7 Å². The van der Waals surface area contributed by atoms with Crippen molar-refractivity contribution in [3.63, 3.8) is 0 Å². The zero-order valence-electron chi connectivity index (χ0n) is 14.0. The van der Waals surface area contributed by atoms with E-state index >= 15 is 0 Å². The molecule has 0 aliphatic rings. The summed E-state index contributed by atoms with van der Waals surface area (Å²) >= 11 is 5.33. The first kappa shape index (κ1) is 17.7. The Kier molecular flexibility index (Phi) is 6.08. The molecule has 0 saturated heterocycles. The Morgan fingerprint density at radius 2 is 1.04 bits per heavy atom. The van der Waals surface area contributed by atoms with Crippen LogP contribution < -0.4 is 29.6 Å². The molecule has 2 aromatic rings. The van der Waals surface area contributed by atoms with Gasteiger partial charge in [-0.1, -0.05) is 0 Å². The summed E-state index contributed by atoms with van der Waals surface area (Å²) < 4.78 is 21.0. The number of anilines is 2. The van der Waals surface area contributed by atoms with E-state index in [-0.39, 0.29) is 0 Å². The molecule has 0 fully saturated rings. The summed E-state index contributed by atoms with van der Waals surface area (Å²) in [5.41, 5.74) is 1.57. The van der Waals surface area contributed by atoms with Gasteiger partial charge in [-0.15, -0.1) is 0 Å². The van der Waals surface area contributed by atoms with Crippen molar-refractivity contribution < 1.29 is 18.9 Å². The molecule has 0 aliphatic heterocycles. The lowest BCUT2D eigenvalue weighted by atomic mass is 10.2. The number of thiocarbonyl (C=S) groups is 1. The van der Waals surface area contributed by atoms with Gasteiger partial charge >= 0.3 is 0 Å². The average molecular weight is 348 g/mol. The lowest BCUT2D eigenvalue weighted by molar-refractivity contribution is 0.355. The largest absolute Gasteiger partial charge is 0.493 e. The summed E-state index contributed by atoms with van der Waals surface area (Å²) in [6.07, 6.45) is 0. The molecule has 0 spiro atoms. The van der Waals surface area contributed by atoms with Gasteiger partial charge in [0.25, 0.3) is 0 Å². The van der Waals surface area contributed by atoms with Crippen molar-refractivity contribution in [3.05, 3.63) is 36.4 Å². The first-order valence-electron chi connectivity index (χ1n) is 7.13. The highest BCUT2D eigenvalue weighted by molar-refractivity contribution is 7.80. The molecule has 0 aliphatic carbocycles. The van der Waals surface area contributed by atoms with Gasteiger partial charge < -0.3 is 29.6 Å². The Bertz CT molecular complexity index is 662. The summed E-state index contributed by atoms with van der Waals surface area (Å²) in [5, 5.41) is 6.63. The third-order valence-electron chi connectivity index (χ3n) is 3.28. The molecule has 0 unspecified atom stereocenters. The Morgan fingerprint density at radius 3 is 1.38 bits per heavy atom. The zero-order valence-corrected chi connectivity index (χ0v) is 14.8. The van der Waals surface area contributed by atoms with Gasteiger partial charge in [-0.25, -0.2) is 0 Å². The van der Waals surface area contributed by atoms with Crippen molar-refractivity contribution >= 4 is 28.7 Å². The highest BCUT2D eigenvalue weighted by atomic mass is 32.1. The van der Waals surface area contributed by atoms with Crippen LogP contribution in [0.5, 0.6) is 23.0 Å². The molecule has 2 rings (SSSR count). The van der Waals surface area contributed by atoms with Gasteiger partial charge in [0.05, 0.1) is 28.4 Å². The fraction of sp³-hybridized carbons (Fsp3) is 0.235. The van der Waals surface area contributed by atoms with Crippen LogP contribution in [0.3, 0.4) is 0 Å². The number of hydrogen-bond acceptors (Lipinski definition) is 5. The Balaban J connectivity index is 2.08. The van der Waals surface area contributed by atoms with Crippen LogP contribution in [0, 0.1) is 0 Å². The van der Waals surface area contributed by atoms with Crippen LogP contribution in [-0.4, -0.2) is 33.6 Å². The molecular formula is C17H20N2O4S. The summed E-state index contributed by atoms with van der Waals surface area (Å²) in [7, 11) is 6.35. The third kappa shape index (κ3) is 4.20.